The number of hydrogen-bond acceptors (Lipinski definition) is 2. The lowest BCUT2D eigenvalue weighted by molar-refractivity contribution is 0.954. The van der Waals surface area contributed by atoms with Crippen LogP contribution in [-0.4, -0.2) is 4.98 Å². The molecule has 17 heavy (non-hydrogen) atoms. The van der Waals surface area contributed by atoms with Crippen LogP contribution in [0.2, 0.25) is 0 Å². The Balaban J connectivity index is 2.05. The van der Waals surface area contributed by atoms with E-state index >= 15 is 0 Å². The molecule has 0 N–H and O–H groups in total. The lowest BCUT2D eigenvalue weighted by Gasteiger charge is -1.94. The maximum Gasteiger partial charge on any atom is 0.0802 e. The first-order chi connectivity index (χ1) is 8.33. The number of nitrogens with zero attached hydrogens (tertiary/aromatic N) is 1. The predicted molar refractivity (Wildman–Crippen MR) is 74.8 cm³/mol. The van der Waals surface area contributed by atoms with E-state index in [2.05, 4.69) is 48.3 Å². The number of rotatable bonds is 1. The number of allylic oxidation sites excluding steroid dienone is 2. The van der Waals surface area contributed by atoms with Crippen LogP contribution in [0.5, 0.6) is 0 Å². The second-order valence-electron chi connectivity index (χ2n) is 4.22. The molecule has 3 rings (SSSR count). The van der Waals surface area contributed by atoms with Crippen LogP contribution in [0.15, 0.2) is 42.6 Å². The molecule has 0 saturated carbocycles. The second kappa shape index (κ2) is 4.30. The molecule has 1 aliphatic rings. The van der Waals surface area contributed by atoms with Crippen molar-refractivity contribution in [2.75, 3.05) is 0 Å². The molecule has 84 valence electrons. The minimum Gasteiger partial charge on any atom is -0.255 e. The lowest BCUT2D eigenvalue weighted by atomic mass is 10.1. The Morgan fingerprint density at radius 1 is 1.18 bits per heavy atom. The Bertz CT molecular complexity index is 547. The van der Waals surface area contributed by atoms with Crippen LogP contribution >= 0.6 is 11.3 Å². The van der Waals surface area contributed by atoms with Crippen molar-refractivity contribution in [1.82, 2.24) is 4.98 Å². The Labute approximate surface area is 105 Å². The summed E-state index contributed by atoms with van der Waals surface area (Å²) >= 11 is 1.80. The Kier molecular flexibility index (Phi) is 2.65. The van der Waals surface area contributed by atoms with Crippen molar-refractivity contribution in [3.05, 3.63) is 53.1 Å². The molecule has 0 aliphatic heterocycles. The van der Waals surface area contributed by atoms with E-state index in [4.69, 9.17) is 0 Å². The molecule has 0 saturated heterocycles. The largest absolute Gasteiger partial charge is 0.255 e. The molecule has 1 aliphatic carbocycles. The van der Waals surface area contributed by atoms with E-state index in [1.807, 2.05) is 18.3 Å². The average Bonchev–Trinajstić information content (AvgIpc) is 2.71. The molecule has 1 atom stereocenters. The maximum absolute atomic E-state index is 4.39. The van der Waals surface area contributed by atoms with Crippen LogP contribution in [-0.2, 0) is 0 Å². The fourth-order valence-electron chi connectivity index (χ4n) is 1.87. The van der Waals surface area contributed by atoms with Crippen molar-refractivity contribution in [2.24, 2.45) is 5.92 Å². The summed E-state index contributed by atoms with van der Waals surface area (Å²) in [5.41, 5.74) is 2.36. The van der Waals surface area contributed by atoms with Crippen LogP contribution in [0.25, 0.3) is 22.7 Å². The number of pyridine rings is 1. The average molecular weight is 239 g/mol. The van der Waals surface area contributed by atoms with Gasteiger partial charge in [0.2, 0.25) is 0 Å². The number of aromatic nitrogens is 1. The van der Waals surface area contributed by atoms with Gasteiger partial charge in [0.25, 0.3) is 0 Å². The van der Waals surface area contributed by atoms with Crippen LogP contribution in [0.1, 0.15) is 17.4 Å². The molecule has 0 amide bonds. The molecule has 2 heteroatoms. The molecule has 0 radical (unpaired) electrons. The standard InChI is InChI=1S/C15H13NS/c1-11-5-7-12-10-15(17-14(12)8-6-11)13-4-2-3-9-16-13/h2-11H,1H3. The first-order valence-electron chi connectivity index (χ1n) is 5.74. The normalized spacial score (nSPS) is 17.8. The molecule has 0 fully saturated rings. The van der Waals surface area contributed by atoms with E-state index in [0.717, 1.165) is 5.69 Å². The molecule has 2 aromatic rings. The van der Waals surface area contributed by atoms with E-state index in [1.54, 1.807) is 11.3 Å². The summed E-state index contributed by atoms with van der Waals surface area (Å²) in [5, 5.41) is 0. The van der Waals surface area contributed by atoms with Gasteiger partial charge in [-0.1, -0.05) is 31.2 Å². The van der Waals surface area contributed by atoms with Gasteiger partial charge < -0.3 is 0 Å². The Hall–Kier alpha value is -1.67. The molecule has 0 bridgehead atoms. The number of hydrogen-bond donors (Lipinski definition) is 0. The molecular formula is C15H13NS. The van der Waals surface area contributed by atoms with Gasteiger partial charge in [0.05, 0.1) is 10.6 Å². The summed E-state index contributed by atoms with van der Waals surface area (Å²) in [6.45, 7) is 2.20. The molecule has 0 aromatic carbocycles. The van der Waals surface area contributed by atoms with E-state index < -0.39 is 0 Å². The van der Waals surface area contributed by atoms with Crippen molar-refractivity contribution < 1.29 is 0 Å². The third-order valence-electron chi connectivity index (χ3n) is 2.84. The zero-order chi connectivity index (χ0) is 11.7. The summed E-state index contributed by atoms with van der Waals surface area (Å²) in [6.07, 6.45) is 10.7. The second-order valence-corrected chi connectivity index (χ2v) is 5.31. The van der Waals surface area contributed by atoms with Crippen molar-refractivity contribution in [2.45, 2.75) is 6.92 Å². The van der Waals surface area contributed by atoms with Crippen molar-refractivity contribution in [1.29, 1.82) is 0 Å². The zero-order valence-corrected chi connectivity index (χ0v) is 10.4. The molecule has 2 heterocycles. The van der Waals surface area contributed by atoms with Gasteiger partial charge in [0, 0.05) is 11.1 Å². The minimum atomic E-state index is 0.521. The molecule has 1 unspecified atom stereocenters. The molecule has 2 aromatic heterocycles. The van der Waals surface area contributed by atoms with Crippen molar-refractivity contribution >= 4 is 23.5 Å². The van der Waals surface area contributed by atoms with Crippen LogP contribution < -0.4 is 0 Å². The first-order valence-corrected chi connectivity index (χ1v) is 6.56. The van der Waals surface area contributed by atoms with Crippen molar-refractivity contribution in [3.8, 4) is 10.6 Å². The van der Waals surface area contributed by atoms with E-state index in [1.165, 1.54) is 15.3 Å². The van der Waals surface area contributed by atoms with Gasteiger partial charge in [-0.15, -0.1) is 11.3 Å². The fourth-order valence-corrected chi connectivity index (χ4v) is 2.91. The summed E-state index contributed by atoms with van der Waals surface area (Å²) in [4.78, 5) is 6.95. The highest BCUT2D eigenvalue weighted by atomic mass is 32.1. The first kappa shape index (κ1) is 10.5. The van der Waals surface area contributed by atoms with Gasteiger partial charge in [0.15, 0.2) is 0 Å². The monoisotopic (exact) mass is 239 g/mol. The Morgan fingerprint density at radius 3 is 2.88 bits per heavy atom. The van der Waals surface area contributed by atoms with Gasteiger partial charge in [-0.2, -0.15) is 0 Å². The number of thiophene rings is 1. The third kappa shape index (κ3) is 2.08. The molecular weight excluding hydrogens is 226 g/mol. The minimum absolute atomic E-state index is 0.521. The number of fused-ring (bicyclic) bond motifs is 1. The summed E-state index contributed by atoms with van der Waals surface area (Å²) < 4.78 is 0. The third-order valence-corrected chi connectivity index (χ3v) is 3.98. The summed E-state index contributed by atoms with van der Waals surface area (Å²) in [6, 6.07) is 8.26. The van der Waals surface area contributed by atoms with Gasteiger partial charge in [-0.25, -0.2) is 0 Å². The SMILES string of the molecule is CC1C=Cc2cc(-c3ccccn3)sc2C=C1. The molecule has 0 spiro atoms. The van der Waals surface area contributed by atoms with Crippen LogP contribution in [0, 0.1) is 5.92 Å². The fraction of sp³-hybridized carbons (Fsp3) is 0.133. The smallest absolute Gasteiger partial charge is 0.0802 e. The van der Waals surface area contributed by atoms with E-state index in [-0.39, 0.29) is 0 Å². The molecule has 1 nitrogen and oxygen atoms in total. The van der Waals surface area contributed by atoms with Crippen LogP contribution in [0.4, 0.5) is 0 Å². The maximum atomic E-state index is 4.39. The van der Waals surface area contributed by atoms with Gasteiger partial charge >= 0.3 is 0 Å². The quantitative estimate of drug-likeness (QED) is 0.714. The summed E-state index contributed by atoms with van der Waals surface area (Å²) in [7, 11) is 0. The Morgan fingerprint density at radius 2 is 2.06 bits per heavy atom. The van der Waals surface area contributed by atoms with Gasteiger partial charge in [-0.05, 0) is 35.8 Å². The predicted octanol–water partition coefficient (Wildman–Crippen LogP) is 4.49. The van der Waals surface area contributed by atoms with Crippen LogP contribution in [0.3, 0.4) is 0 Å². The highest BCUT2D eigenvalue weighted by Gasteiger charge is 2.09. The van der Waals surface area contributed by atoms with E-state index in [0.29, 0.717) is 5.92 Å². The van der Waals surface area contributed by atoms with E-state index in [9.17, 15) is 0 Å². The van der Waals surface area contributed by atoms with Crippen molar-refractivity contribution in [3.63, 3.8) is 0 Å². The van der Waals surface area contributed by atoms with Gasteiger partial charge in [0.1, 0.15) is 0 Å². The summed E-state index contributed by atoms with van der Waals surface area (Å²) in [5.74, 6) is 0.521. The topological polar surface area (TPSA) is 12.9 Å². The zero-order valence-electron chi connectivity index (χ0n) is 9.63. The van der Waals surface area contributed by atoms with Gasteiger partial charge in [-0.3, -0.25) is 4.98 Å². The highest BCUT2D eigenvalue weighted by Crippen LogP contribution is 2.33. The highest BCUT2D eigenvalue weighted by molar-refractivity contribution is 7.16. The lowest BCUT2D eigenvalue weighted by Crippen LogP contribution is -1.78.